The van der Waals surface area contributed by atoms with Crippen molar-refractivity contribution in [2.45, 2.75) is 45.3 Å². The van der Waals surface area contributed by atoms with E-state index in [9.17, 15) is 4.79 Å². The number of aromatic nitrogens is 2. The van der Waals surface area contributed by atoms with Crippen molar-refractivity contribution in [3.05, 3.63) is 47.1 Å². The van der Waals surface area contributed by atoms with Crippen molar-refractivity contribution < 1.29 is 9.32 Å². The van der Waals surface area contributed by atoms with Crippen molar-refractivity contribution >= 4 is 5.91 Å². The van der Waals surface area contributed by atoms with Crippen molar-refractivity contribution in [2.75, 3.05) is 26.7 Å². The maximum atomic E-state index is 13.0. The second-order valence-corrected chi connectivity index (χ2v) is 8.30. The van der Waals surface area contributed by atoms with E-state index >= 15 is 0 Å². The number of nitrogens with one attached hydrogen (secondary N) is 1. The summed E-state index contributed by atoms with van der Waals surface area (Å²) in [4.78, 5) is 21.9. The van der Waals surface area contributed by atoms with Crippen LogP contribution in [-0.4, -0.2) is 52.5 Å². The number of amides is 1. The first-order valence-electron chi connectivity index (χ1n) is 10.1. The third-order valence-corrected chi connectivity index (χ3v) is 5.70. The van der Waals surface area contributed by atoms with E-state index in [0.29, 0.717) is 37.0 Å². The average Bonchev–Trinajstić information content (AvgIpc) is 3.16. The lowest BCUT2D eigenvalue weighted by Crippen LogP contribution is -2.44. The summed E-state index contributed by atoms with van der Waals surface area (Å²) in [5, 5.41) is 7.66. The van der Waals surface area contributed by atoms with Gasteiger partial charge in [0.2, 0.25) is 11.8 Å². The molecule has 3 heterocycles. The normalized spacial score (nSPS) is 23.1. The number of hydrogen-bond acceptors (Lipinski definition) is 6. The predicted octanol–water partition coefficient (Wildman–Crippen LogP) is 2.32. The molecule has 0 saturated carbocycles. The van der Waals surface area contributed by atoms with Gasteiger partial charge in [-0.15, -0.1) is 0 Å². The van der Waals surface area contributed by atoms with Crippen LogP contribution in [0.4, 0.5) is 0 Å². The number of hydrogen-bond donors (Lipinski definition) is 1. The Labute approximate surface area is 166 Å². The molecule has 0 radical (unpaired) electrons. The van der Waals surface area contributed by atoms with Gasteiger partial charge in [-0.2, -0.15) is 4.98 Å². The van der Waals surface area contributed by atoms with E-state index in [4.69, 9.17) is 9.51 Å². The lowest BCUT2D eigenvalue weighted by Gasteiger charge is -2.35. The quantitative estimate of drug-likeness (QED) is 0.873. The average molecular weight is 383 g/mol. The Bertz CT molecular complexity index is 834. The van der Waals surface area contributed by atoms with Crippen molar-refractivity contribution in [3.63, 3.8) is 0 Å². The largest absolute Gasteiger partial charge is 0.337 e. The Morgan fingerprint density at radius 1 is 1.29 bits per heavy atom. The van der Waals surface area contributed by atoms with Gasteiger partial charge in [-0.25, -0.2) is 0 Å². The highest BCUT2D eigenvalue weighted by Crippen LogP contribution is 2.34. The number of carbonyl (C=O) groups is 1. The molecular formula is C21H29N5O2. The molecule has 1 fully saturated rings. The highest BCUT2D eigenvalue weighted by Gasteiger charge is 2.35. The molecule has 4 rings (SSSR count). The molecule has 28 heavy (non-hydrogen) atoms. The molecule has 2 atom stereocenters. The number of fused-ring (bicyclic) bond motifs is 1. The fraction of sp³-hybridized carbons (Fsp3) is 0.571. The standard InChI is InChI=1S/C21H29N5O2/c1-14(2)10-19(27)26-13-16-7-5-4-6-15(16)11-17(26)21-23-20(24-28-21)18-12-22-8-9-25(18)3/h4-7,14,17-18,22H,8-13H2,1-3H3. The van der Waals surface area contributed by atoms with Gasteiger partial charge in [0.1, 0.15) is 6.04 Å². The van der Waals surface area contributed by atoms with E-state index in [0.717, 1.165) is 19.6 Å². The summed E-state index contributed by atoms with van der Waals surface area (Å²) in [6, 6.07) is 8.20. The lowest BCUT2D eigenvalue weighted by molar-refractivity contribution is -0.136. The van der Waals surface area contributed by atoms with E-state index in [1.165, 1.54) is 11.1 Å². The second kappa shape index (κ2) is 8.01. The van der Waals surface area contributed by atoms with E-state index in [-0.39, 0.29) is 18.0 Å². The summed E-state index contributed by atoms with van der Waals surface area (Å²) >= 11 is 0. The summed E-state index contributed by atoms with van der Waals surface area (Å²) in [6.07, 6.45) is 1.23. The van der Waals surface area contributed by atoms with Gasteiger partial charge in [0.25, 0.3) is 0 Å². The summed E-state index contributed by atoms with van der Waals surface area (Å²) in [5.74, 6) is 1.69. The van der Waals surface area contributed by atoms with Crippen LogP contribution in [0.25, 0.3) is 0 Å². The van der Waals surface area contributed by atoms with Gasteiger partial charge in [0.05, 0.1) is 6.04 Å². The Balaban J connectivity index is 1.62. The molecule has 2 aliphatic heterocycles. The zero-order chi connectivity index (χ0) is 19.7. The van der Waals surface area contributed by atoms with Gasteiger partial charge >= 0.3 is 0 Å². The molecule has 0 bridgehead atoms. The lowest BCUT2D eigenvalue weighted by atomic mass is 9.93. The van der Waals surface area contributed by atoms with Crippen LogP contribution in [0.15, 0.2) is 28.8 Å². The fourth-order valence-corrected chi connectivity index (χ4v) is 4.08. The minimum atomic E-state index is -0.204. The molecule has 1 aromatic heterocycles. The maximum Gasteiger partial charge on any atom is 0.249 e. The molecule has 1 N–H and O–H groups in total. The molecule has 0 aliphatic carbocycles. The van der Waals surface area contributed by atoms with Crippen molar-refractivity contribution in [1.82, 2.24) is 25.3 Å². The van der Waals surface area contributed by atoms with E-state index in [2.05, 4.69) is 48.4 Å². The van der Waals surface area contributed by atoms with Gasteiger partial charge in [-0.3, -0.25) is 9.69 Å². The van der Waals surface area contributed by atoms with Crippen molar-refractivity contribution in [3.8, 4) is 0 Å². The highest BCUT2D eigenvalue weighted by atomic mass is 16.5. The molecule has 7 heteroatoms. The first kappa shape index (κ1) is 19.1. The number of nitrogens with zero attached hydrogens (tertiary/aromatic N) is 4. The Morgan fingerprint density at radius 3 is 2.82 bits per heavy atom. The van der Waals surface area contributed by atoms with Gasteiger partial charge in [-0.1, -0.05) is 43.3 Å². The van der Waals surface area contributed by atoms with Crippen molar-refractivity contribution in [1.29, 1.82) is 0 Å². The molecule has 7 nitrogen and oxygen atoms in total. The second-order valence-electron chi connectivity index (χ2n) is 8.30. The minimum Gasteiger partial charge on any atom is -0.337 e. The van der Waals surface area contributed by atoms with Crippen LogP contribution in [0.1, 0.15) is 55.2 Å². The van der Waals surface area contributed by atoms with Gasteiger partial charge in [0, 0.05) is 39.0 Å². The van der Waals surface area contributed by atoms with Crippen LogP contribution in [-0.2, 0) is 17.8 Å². The van der Waals surface area contributed by atoms with Crippen LogP contribution in [0.5, 0.6) is 0 Å². The van der Waals surface area contributed by atoms with Crippen LogP contribution in [0, 0.1) is 5.92 Å². The van der Waals surface area contributed by atoms with Gasteiger partial charge < -0.3 is 14.7 Å². The summed E-state index contributed by atoms with van der Waals surface area (Å²) in [6.45, 7) is 7.45. The van der Waals surface area contributed by atoms with Crippen molar-refractivity contribution in [2.24, 2.45) is 5.92 Å². The zero-order valence-electron chi connectivity index (χ0n) is 16.9. The molecule has 0 spiro atoms. The Morgan fingerprint density at radius 2 is 2.07 bits per heavy atom. The summed E-state index contributed by atoms with van der Waals surface area (Å²) in [7, 11) is 2.08. The molecular weight excluding hydrogens is 354 g/mol. The SMILES string of the molecule is CC(C)CC(=O)N1Cc2ccccc2CC1c1nc(C2CNCCN2C)no1. The van der Waals surface area contributed by atoms with E-state index in [1.54, 1.807) is 0 Å². The van der Waals surface area contributed by atoms with Crippen LogP contribution in [0.3, 0.4) is 0 Å². The molecule has 1 saturated heterocycles. The molecule has 1 amide bonds. The Kier molecular flexibility index (Phi) is 5.46. The number of benzene rings is 1. The number of rotatable bonds is 4. The molecule has 2 aliphatic rings. The minimum absolute atomic E-state index is 0.0990. The third kappa shape index (κ3) is 3.82. The van der Waals surface area contributed by atoms with E-state index < -0.39 is 0 Å². The van der Waals surface area contributed by atoms with Crippen LogP contribution < -0.4 is 5.32 Å². The molecule has 1 aromatic carbocycles. The first-order chi connectivity index (χ1) is 13.5. The third-order valence-electron chi connectivity index (χ3n) is 5.70. The predicted molar refractivity (Wildman–Crippen MR) is 105 cm³/mol. The molecule has 2 aromatic rings. The fourth-order valence-electron chi connectivity index (χ4n) is 4.08. The Hall–Kier alpha value is -2.25. The number of piperazine rings is 1. The number of carbonyl (C=O) groups excluding carboxylic acids is 1. The number of likely N-dealkylation sites (N-methyl/N-ethyl adjacent to an activating group) is 1. The van der Waals surface area contributed by atoms with E-state index in [1.807, 2.05) is 17.0 Å². The first-order valence-corrected chi connectivity index (χ1v) is 10.1. The summed E-state index contributed by atoms with van der Waals surface area (Å²) < 4.78 is 5.70. The van der Waals surface area contributed by atoms with Crippen LogP contribution in [0.2, 0.25) is 0 Å². The topological polar surface area (TPSA) is 74.5 Å². The van der Waals surface area contributed by atoms with Crippen LogP contribution >= 0.6 is 0 Å². The summed E-state index contributed by atoms with van der Waals surface area (Å²) in [5.41, 5.74) is 2.45. The smallest absolute Gasteiger partial charge is 0.249 e. The van der Waals surface area contributed by atoms with Gasteiger partial charge in [0.15, 0.2) is 5.82 Å². The molecule has 150 valence electrons. The monoisotopic (exact) mass is 383 g/mol. The maximum absolute atomic E-state index is 13.0. The highest BCUT2D eigenvalue weighted by molar-refractivity contribution is 5.77. The van der Waals surface area contributed by atoms with Gasteiger partial charge in [-0.05, 0) is 24.1 Å². The molecule has 2 unspecified atom stereocenters. The zero-order valence-corrected chi connectivity index (χ0v) is 16.9.